The summed E-state index contributed by atoms with van der Waals surface area (Å²) in [5.74, 6) is 0.385. The number of phenols is 1. The van der Waals surface area contributed by atoms with Crippen LogP contribution in [0.25, 0.3) is 0 Å². The Morgan fingerprint density at radius 2 is 1.74 bits per heavy atom. The van der Waals surface area contributed by atoms with E-state index >= 15 is 0 Å². The molecule has 96 valence electrons. The summed E-state index contributed by atoms with van der Waals surface area (Å²) in [6.07, 6.45) is 2.21. The van der Waals surface area contributed by atoms with Crippen molar-refractivity contribution in [3.05, 3.63) is 59.2 Å². The second-order valence-corrected chi connectivity index (χ2v) is 4.88. The third-order valence-corrected chi connectivity index (χ3v) is 3.41. The maximum absolute atomic E-state index is 11.3. The normalized spacial score (nSPS) is 13.8. The van der Waals surface area contributed by atoms with E-state index in [4.69, 9.17) is 0 Å². The second-order valence-electron chi connectivity index (χ2n) is 4.88. The molecule has 3 heteroatoms. The molecule has 0 bridgehead atoms. The van der Waals surface area contributed by atoms with Crippen molar-refractivity contribution in [3.8, 4) is 5.75 Å². The average molecular weight is 253 g/mol. The number of carbonyl (C=O) groups is 1. The third kappa shape index (κ3) is 2.60. The van der Waals surface area contributed by atoms with Crippen LogP contribution in [0.3, 0.4) is 0 Å². The summed E-state index contributed by atoms with van der Waals surface area (Å²) >= 11 is 0. The van der Waals surface area contributed by atoms with Crippen molar-refractivity contribution >= 4 is 11.6 Å². The molecule has 3 nitrogen and oxygen atoms in total. The molecule has 2 aromatic carbocycles. The first-order valence-corrected chi connectivity index (χ1v) is 6.40. The smallest absolute Gasteiger partial charge is 0.224 e. The molecule has 2 N–H and O–H groups in total. The van der Waals surface area contributed by atoms with Gasteiger partial charge in [0.05, 0.1) is 0 Å². The van der Waals surface area contributed by atoms with E-state index in [1.54, 1.807) is 12.1 Å². The first kappa shape index (κ1) is 11.8. The number of nitrogens with one attached hydrogen (secondary N) is 1. The number of aryl methyl sites for hydroxylation is 1. The van der Waals surface area contributed by atoms with E-state index < -0.39 is 0 Å². The Bertz CT molecular complexity index is 617. The Hall–Kier alpha value is -2.29. The highest BCUT2D eigenvalue weighted by Crippen LogP contribution is 2.24. The van der Waals surface area contributed by atoms with Gasteiger partial charge in [-0.3, -0.25) is 4.79 Å². The number of rotatable bonds is 2. The van der Waals surface area contributed by atoms with Gasteiger partial charge in [0.1, 0.15) is 5.75 Å². The first-order chi connectivity index (χ1) is 9.20. The molecule has 1 heterocycles. The Morgan fingerprint density at radius 3 is 2.53 bits per heavy atom. The number of phenolic OH excluding ortho intramolecular Hbond substituents is 1. The molecule has 1 aliphatic heterocycles. The molecule has 0 saturated carbocycles. The van der Waals surface area contributed by atoms with Crippen molar-refractivity contribution in [2.45, 2.75) is 19.3 Å². The minimum atomic E-state index is 0.0961. The molecule has 19 heavy (non-hydrogen) atoms. The summed E-state index contributed by atoms with van der Waals surface area (Å²) in [6, 6.07) is 13.4. The fraction of sp³-hybridized carbons (Fsp3) is 0.188. The predicted octanol–water partition coefficient (Wildman–Crippen LogP) is 2.87. The van der Waals surface area contributed by atoms with Crippen molar-refractivity contribution in [1.82, 2.24) is 0 Å². The molecule has 0 aliphatic carbocycles. The summed E-state index contributed by atoms with van der Waals surface area (Å²) < 4.78 is 0. The lowest BCUT2D eigenvalue weighted by atomic mass is 9.97. The molecule has 0 unspecified atom stereocenters. The highest BCUT2D eigenvalue weighted by atomic mass is 16.3. The van der Waals surface area contributed by atoms with Gasteiger partial charge in [-0.15, -0.1) is 0 Å². The van der Waals surface area contributed by atoms with Gasteiger partial charge in [-0.2, -0.15) is 0 Å². The van der Waals surface area contributed by atoms with Crippen LogP contribution in [-0.2, 0) is 17.6 Å². The van der Waals surface area contributed by atoms with E-state index in [1.165, 1.54) is 11.1 Å². The Labute approximate surface area is 111 Å². The molecule has 0 saturated heterocycles. The summed E-state index contributed by atoms with van der Waals surface area (Å²) in [5, 5.41) is 12.2. The standard InChI is InChI=1S/C16H15NO2/c18-14-5-1-11(2-6-14)9-12-3-7-15-13(10-12)4-8-16(19)17-15/h1-3,5-7,10,18H,4,8-9H2,(H,17,19). The minimum absolute atomic E-state index is 0.0961. The Morgan fingerprint density at radius 1 is 1.00 bits per heavy atom. The number of anilines is 1. The van der Waals surface area contributed by atoms with Crippen molar-refractivity contribution < 1.29 is 9.90 Å². The van der Waals surface area contributed by atoms with Crippen LogP contribution in [0.2, 0.25) is 0 Å². The number of hydrogen-bond acceptors (Lipinski definition) is 2. The molecular weight excluding hydrogens is 238 g/mol. The van der Waals surface area contributed by atoms with Gasteiger partial charge in [0.2, 0.25) is 5.91 Å². The maximum atomic E-state index is 11.3. The van der Waals surface area contributed by atoms with Crippen molar-refractivity contribution in [1.29, 1.82) is 0 Å². The fourth-order valence-electron chi connectivity index (χ4n) is 2.40. The lowest BCUT2D eigenvalue weighted by Crippen LogP contribution is -2.18. The molecule has 0 radical (unpaired) electrons. The third-order valence-electron chi connectivity index (χ3n) is 3.41. The van der Waals surface area contributed by atoms with Crippen molar-refractivity contribution in [2.24, 2.45) is 0 Å². The lowest BCUT2D eigenvalue weighted by molar-refractivity contribution is -0.116. The van der Waals surface area contributed by atoms with Gasteiger partial charge in [0, 0.05) is 12.1 Å². The van der Waals surface area contributed by atoms with E-state index in [2.05, 4.69) is 11.4 Å². The van der Waals surface area contributed by atoms with Crippen LogP contribution >= 0.6 is 0 Å². The summed E-state index contributed by atoms with van der Waals surface area (Å²) in [6.45, 7) is 0. The Balaban J connectivity index is 1.82. The van der Waals surface area contributed by atoms with Crippen LogP contribution in [0.4, 0.5) is 5.69 Å². The summed E-state index contributed by atoms with van der Waals surface area (Å²) in [5.41, 5.74) is 4.53. The quantitative estimate of drug-likeness (QED) is 0.864. The van der Waals surface area contributed by atoms with Crippen LogP contribution in [-0.4, -0.2) is 11.0 Å². The zero-order chi connectivity index (χ0) is 13.2. The van der Waals surface area contributed by atoms with E-state index in [1.807, 2.05) is 24.3 Å². The van der Waals surface area contributed by atoms with Crippen LogP contribution in [0.1, 0.15) is 23.1 Å². The number of carbonyl (C=O) groups excluding carboxylic acids is 1. The lowest BCUT2D eigenvalue weighted by Gasteiger charge is -2.17. The van der Waals surface area contributed by atoms with Gasteiger partial charge in [-0.25, -0.2) is 0 Å². The molecule has 0 aromatic heterocycles. The van der Waals surface area contributed by atoms with Crippen LogP contribution < -0.4 is 5.32 Å². The summed E-state index contributed by atoms with van der Waals surface area (Å²) in [4.78, 5) is 11.3. The molecule has 2 aromatic rings. The number of amides is 1. The molecule has 0 spiro atoms. The SMILES string of the molecule is O=C1CCc2cc(Cc3ccc(O)cc3)ccc2N1. The van der Waals surface area contributed by atoms with Crippen molar-refractivity contribution in [3.63, 3.8) is 0 Å². The van der Waals surface area contributed by atoms with E-state index in [-0.39, 0.29) is 11.7 Å². The van der Waals surface area contributed by atoms with Crippen LogP contribution in [0.5, 0.6) is 5.75 Å². The van der Waals surface area contributed by atoms with Gasteiger partial charge in [0.15, 0.2) is 0 Å². The van der Waals surface area contributed by atoms with Gasteiger partial charge in [-0.05, 0) is 47.7 Å². The maximum Gasteiger partial charge on any atom is 0.224 e. The van der Waals surface area contributed by atoms with Crippen LogP contribution in [0, 0.1) is 0 Å². The fourth-order valence-corrected chi connectivity index (χ4v) is 2.40. The van der Waals surface area contributed by atoms with Gasteiger partial charge < -0.3 is 10.4 Å². The number of aromatic hydroxyl groups is 1. The molecular formula is C16H15NO2. The highest BCUT2D eigenvalue weighted by Gasteiger charge is 2.14. The molecule has 0 atom stereocenters. The zero-order valence-corrected chi connectivity index (χ0v) is 10.5. The van der Waals surface area contributed by atoms with Crippen LogP contribution in [0.15, 0.2) is 42.5 Å². The average Bonchev–Trinajstić information content (AvgIpc) is 2.42. The molecule has 1 amide bonds. The number of hydrogen-bond donors (Lipinski definition) is 2. The first-order valence-electron chi connectivity index (χ1n) is 6.40. The number of benzene rings is 2. The van der Waals surface area contributed by atoms with Gasteiger partial charge in [-0.1, -0.05) is 24.3 Å². The highest BCUT2D eigenvalue weighted by molar-refractivity contribution is 5.93. The minimum Gasteiger partial charge on any atom is -0.508 e. The molecule has 3 rings (SSSR count). The largest absolute Gasteiger partial charge is 0.508 e. The van der Waals surface area contributed by atoms with Gasteiger partial charge >= 0.3 is 0 Å². The Kier molecular flexibility index (Phi) is 2.95. The molecule has 1 aliphatic rings. The van der Waals surface area contributed by atoms with E-state index in [0.717, 1.165) is 24.1 Å². The second kappa shape index (κ2) is 4.76. The van der Waals surface area contributed by atoms with Crippen molar-refractivity contribution in [2.75, 3.05) is 5.32 Å². The number of fused-ring (bicyclic) bond motifs is 1. The molecule has 0 fully saturated rings. The zero-order valence-electron chi connectivity index (χ0n) is 10.5. The predicted molar refractivity (Wildman–Crippen MR) is 74.3 cm³/mol. The van der Waals surface area contributed by atoms with E-state index in [0.29, 0.717) is 6.42 Å². The topological polar surface area (TPSA) is 49.3 Å². The monoisotopic (exact) mass is 253 g/mol. The van der Waals surface area contributed by atoms with E-state index in [9.17, 15) is 9.90 Å². The summed E-state index contributed by atoms with van der Waals surface area (Å²) in [7, 11) is 0. The van der Waals surface area contributed by atoms with Gasteiger partial charge in [0.25, 0.3) is 0 Å².